The molecule has 0 saturated heterocycles. The summed E-state index contributed by atoms with van der Waals surface area (Å²) in [6, 6.07) is 7.70. The number of unbranched alkanes of at least 4 members (excludes halogenated alkanes) is 2. The molecule has 1 heterocycles. The molecule has 2 aromatic rings. The largest absolute Gasteiger partial charge is 0.480 e. The lowest BCUT2D eigenvalue weighted by Crippen LogP contribution is -2.15. The van der Waals surface area contributed by atoms with Gasteiger partial charge in [-0.1, -0.05) is 23.2 Å². The number of esters is 1. The third-order valence-corrected chi connectivity index (χ3v) is 4.12. The van der Waals surface area contributed by atoms with Crippen LogP contribution >= 0.6 is 23.2 Å². The van der Waals surface area contributed by atoms with E-state index in [0.717, 1.165) is 12.8 Å². The number of anilines is 1. The number of nitrogens with zero attached hydrogens (tertiary/aromatic N) is 2. The highest BCUT2D eigenvalue weighted by atomic mass is 35.5. The van der Waals surface area contributed by atoms with Gasteiger partial charge >= 0.3 is 5.97 Å². The fourth-order valence-electron chi connectivity index (χ4n) is 2.18. The van der Waals surface area contributed by atoms with Crippen molar-refractivity contribution in [3.63, 3.8) is 0 Å². The number of ether oxygens (including phenoxy) is 2. The first kappa shape index (κ1) is 21.7. The molecule has 0 unspecified atom stereocenters. The molecule has 0 spiro atoms. The van der Waals surface area contributed by atoms with E-state index in [1.807, 2.05) is 0 Å². The van der Waals surface area contributed by atoms with E-state index in [2.05, 4.69) is 10.3 Å². The Hall–Kier alpha value is -2.58. The van der Waals surface area contributed by atoms with Crippen molar-refractivity contribution in [2.45, 2.75) is 19.3 Å². The highest BCUT2D eigenvalue weighted by molar-refractivity contribution is 6.35. The van der Waals surface area contributed by atoms with E-state index < -0.39 is 10.9 Å². The number of benzene rings is 1. The molecular formula is C18H19Cl2N3O5. The van der Waals surface area contributed by atoms with Gasteiger partial charge in [0.1, 0.15) is 17.8 Å². The number of carbonyl (C=O) groups is 1. The van der Waals surface area contributed by atoms with Crippen LogP contribution in [0.5, 0.6) is 5.75 Å². The number of halogens is 2. The molecule has 1 aromatic heterocycles. The minimum Gasteiger partial charge on any atom is -0.480 e. The van der Waals surface area contributed by atoms with E-state index in [1.54, 1.807) is 18.2 Å². The summed E-state index contributed by atoms with van der Waals surface area (Å²) in [5.74, 6) is 0.475. The van der Waals surface area contributed by atoms with Crippen LogP contribution in [0, 0.1) is 10.1 Å². The van der Waals surface area contributed by atoms with E-state index in [-0.39, 0.29) is 12.3 Å². The number of rotatable bonds is 11. The van der Waals surface area contributed by atoms with E-state index in [1.165, 1.54) is 18.3 Å². The van der Waals surface area contributed by atoms with E-state index in [4.69, 9.17) is 32.7 Å². The van der Waals surface area contributed by atoms with Gasteiger partial charge in [0.2, 0.25) is 0 Å². The lowest BCUT2D eigenvalue weighted by molar-refractivity contribution is -0.385. The number of nitrogens with one attached hydrogen (secondary N) is 1. The van der Waals surface area contributed by atoms with Gasteiger partial charge in [-0.25, -0.2) is 9.78 Å². The van der Waals surface area contributed by atoms with Gasteiger partial charge in [-0.05, 0) is 43.5 Å². The third kappa shape index (κ3) is 7.58. The summed E-state index contributed by atoms with van der Waals surface area (Å²) in [5, 5.41) is 14.4. The number of pyridine rings is 1. The molecule has 0 amide bonds. The Morgan fingerprint density at radius 3 is 2.68 bits per heavy atom. The zero-order valence-corrected chi connectivity index (χ0v) is 16.4. The summed E-state index contributed by atoms with van der Waals surface area (Å²) >= 11 is 11.7. The SMILES string of the molecule is O=C(COc1ccc(Cl)cc1Cl)OCCCCCNc1ccc([N+](=O)[O-])cn1. The van der Waals surface area contributed by atoms with Gasteiger partial charge in [-0.2, -0.15) is 0 Å². The molecule has 2 rings (SSSR count). The van der Waals surface area contributed by atoms with Crippen LogP contribution in [0.3, 0.4) is 0 Å². The molecule has 0 bridgehead atoms. The smallest absolute Gasteiger partial charge is 0.344 e. The second-order valence-corrected chi connectivity index (χ2v) is 6.57. The van der Waals surface area contributed by atoms with Crippen molar-refractivity contribution in [3.8, 4) is 5.75 Å². The molecule has 0 aliphatic carbocycles. The molecule has 0 saturated carbocycles. The monoisotopic (exact) mass is 427 g/mol. The Morgan fingerprint density at radius 2 is 2.00 bits per heavy atom. The average Bonchev–Trinajstić information content (AvgIpc) is 2.67. The number of hydrogen-bond acceptors (Lipinski definition) is 7. The number of hydrogen-bond donors (Lipinski definition) is 1. The Bertz CT molecular complexity index is 802. The molecule has 10 heteroatoms. The molecule has 0 aliphatic rings. The number of nitro groups is 1. The number of aromatic nitrogens is 1. The van der Waals surface area contributed by atoms with Crippen LogP contribution < -0.4 is 10.1 Å². The third-order valence-electron chi connectivity index (χ3n) is 3.59. The quantitative estimate of drug-likeness (QED) is 0.243. The average molecular weight is 428 g/mol. The standard InChI is InChI=1S/C18H19Cl2N3O5/c19-13-4-6-16(15(20)10-13)28-12-18(24)27-9-3-1-2-8-21-17-7-5-14(11-22-17)23(25)26/h4-7,10-11H,1-3,8-9,12H2,(H,21,22). The molecule has 1 aromatic carbocycles. The molecule has 0 atom stereocenters. The summed E-state index contributed by atoms with van der Waals surface area (Å²) in [5.41, 5.74) is -0.0466. The second-order valence-electron chi connectivity index (χ2n) is 5.73. The Morgan fingerprint density at radius 1 is 1.18 bits per heavy atom. The molecule has 28 heavy (non-hydrogen) atoms. The summed E-state index contributed by atoms with van der Waals surface area (Å²) in [6.07, 6.45) is 3.61. The highest BCUT2D eigenvalue weighted by Gasteiger charge is 2.08. The highest BCUT2D eigenvalue weighted by Crippen LogP contribution is 2.27. The van der Waals surface area contributed by atoms with Gasteiger partial charge in [0.25, 0.3) is 5.69 Å². The maximum absolute atomic E-state index is 11.7. The van der Waals surface area contributed by atoms with Crippen molar-refractivity contribution >= 4 is 40.7 Å². The zero-order valence-electron chi connectivity index (χ0n) is 14.9. The lowest BCUT2D eigenvalue weighted by atomic mass is 10.2. The minimum atomic E-state index is -0.493. The van der Waals surface area contributed by atoms with Crippen LogP contribution in [-0.2, 0) is 9.53 Å². The van der Waals surface area contributed by atoms with Gasteiger partial charge in [-0.15, -0.1) is 0 Å². The maximum Gasteiger partial charge on any atom is 0.344 e. The summed E-state index contributed by atoms with van der Waals surface area (Å²) < 4.78 is 10.4. The Balaban J connectivity index is 1.52. The normalized spacial score (nSPS) is 10.4. The van der Waals surface area contributed by atoms with E-state index >= 15 is 0 Å². The van der Waals surface area contributed by atoms with Crippen molar-refractivity contribution in [2.75, 3.05) is 25.1 Å². The van der Waals surface area contributed by atoms with Crippen molar-refractivity contribution in [1.29, 1.82) is 0 Å². The van der Waals surface area contributed by atoms with E-state index in [9.17, 15) is 14.9 Å². The van der Waals surface area contributed by atoms with E-state index in [0.29, 0.717) is 41.2 Å². The second kappa shape index (κ2) is 11.3. The van der Waals surface area contributed by atoms with Crippen LogP contribution in [0.2, 0.25) is 10.0 Å². The first-order valence-corrected chi connectivity index (χ1v) is 9.29. The summed E-state index contributed by atoms with van der Waals surface area (Å²) in [4.78, 5) is 25.7. The zero-order chi connectivity index (χ0) is 20.4. The van der Waals surface area contributed by atoms with Gasteiger partial charge < -0.3 is 14.8 Å². The molecule has 150 valence electrons. The molecule has 0 aliphatic heterocycles. The predicted molar refractivity (Wildman–Crippen MR) is 106 cm³/mol. The molecule has 0 fully saturated rings. The van der Waals surface area contributed by atoms with Gasteiger partial charge in [0.05, 0.1) is 16.6 Å². The van der Waals surface area contributed by atoms with Gasteiger partial charge in [0, 0.05) is 17.6 Å². The van der Waals surface area contributed by atoms with Crippen LogP contribution in [0.25, 0.3) is 0 Å². The minimum absolute atomic E-state index is 0.0466. The van der Waals surface area contributed by atoms with Crippen molar-refractivity contribution in [3.05, 3.63) is 56.7 Å². The Labute approximate surface area is 171 Å². The van der Waals surface area contributed by atoms with Crippen molar-refractivity contribution in [1.82, 2.24) is 4.98 Å². The summed E-state index contributed by atoms with van der Waals surface area (Å²) in [7, 11) is 0. The summed E-state index contributed by atoms with van der Waals surface area (Å²) in [6.45, 7) is 0.734. The molecule has 8 nitrogen and oxygen atoms in total. The van der Waals surface area contributed by atoms with Gasteiger partial charge in [-0.3, -0.25) is 10.1 Å². The Kier molecular flexibility index (Phi) is 8.77. The number of carbonyl (C=O) groups excluding carboxylic acids is 1. The first-order valence-electron chi connectivity index (χ1n) is 8.53. The fraction of sp³-hybridized carbons (Fsp3) is 0.333. The molecule has 1 N–H and O–H groups in total. The predicted octanol–water partition coefficient (Wildman–Crippen LogP) is 4.50. The molecule has 0 radical (unpaired) electrons. The maximum atomic E-state index is 11.7. The molecular weight excluding hydrogens is 409 g/mol. The fourth-order valence-corrected chi connectivity index (χ4v) is 2.64. The first-order chi connectivity index (χ1) is 13.5. The topological polar surface area (TPSA) is 104 Å². The van der Waals surface area contributed by atoms with Crippen LogP contribution in [-0.4, -0.2) is 35.6 Å². The van der Waals surface area contributed by atoms with Gasteiger partial charge in [0.15, 0.2) is 6.61 Å². The van der Waals surface area contributed by atoms with Crippen LogP contribution in [0.4, 0.5) is 11.5 Å². The van der Waals surface area contributed by atoms with Crippen molar-refractivity contribution < 1.29 is 19.2 Å². The van der Waals surface area contributed by atoms with Crippen LogP contribution in [0.15, 0.2) is 36.5 Å². The van der Waals surface area contributed by atoms with Crippen molar-refractivity contribution in [2.24, 2.45) is 0 Å². The lowest BCUT2D eigenvalue weighted by Gasteiger charge is -2.09. The van der Waals surface area contributed by atoms with Crippen LogP contribution in [0.1, 0.15) is 19.3 Å².